The van der Waals surface area contributed by atoms with Gasteiger partial charge in [-0.3, -0.25) is 4.98 Å². The third kappa shape index (κ3) is 2.66. The molecule has 3 nitrogen and oxygen atoms in total. The summed E-state index contributed by atoms with van der Waals surface area (Å²) in [5, 5.41) is 0. The molecule has 0 amide bonds. The van der Waals surface area contributed by atoms with E-state index in [2.05, 4.69) is 15.0 Å². The highest BCUT2D eigenvalue weighted by atomic mass is 79.9. The van der Waals surface area contributed by atoms with Crippen molar-refractivity contribution in [1.82, 2.24) is 15.0 Å². The molecular weight excluding hydrogens is 230 g/mol. The van der Waals surface area contributed by atoms with Gasteiger partial charge in [-0.15, -0.1) is 17.0 Å². The van der Waals surface area contributed by atoms with E-state index in [1.165, 1.54) is 5.56 Å². The number of hydrogen-bond acceptors (Lipinski definition) is 2. The summed E-state index contributed by atoms with van der Waals surface area (Å²) in [6.45, 7) is 0. The fraction of sp³-hybridized carbons (Fsp3) is 0.111. The molecule has 0 saturated carbocycles. The van der Waals surface area contributed by atoms with Crippen molar-refractivity contribution in [2.75, 3.05) is 0 Å². The second-order valence-corrected chi connectivity index (χ2v) is 2.61. The van der Waals surface area contributed by atoms with Gasteiger partial charge in [0.2, 0.25) is 0 Å². The highest BCUT2D eigenvalue weighted by Gasteiger charge is 1.94. The van der Waals surface area contributed by atoms with Gasteiger partial charge in [0.1, 0.15) is 0 Å². The number of nitrogens with one attached hydrogen (secondary N) is 1. The Morgan fingerprint density at radius 1 is 1.15 bits per heavy atom. The van der Waals surface area contributed by atoms with Crippen LogP contribution in [0.25, 0.3) is 0 Å². The Balaban J connectivity index is 0.000000845. The Hall–Kier alpha value is -1.16. The third-order valence-electron chi connectivity index (χ3n) is 1.70. The van der Waals surface area contributed by atoms with Crippen LogP contribution in [0.2, 0.25) is 0 Å². The van der Waals surface area contributed by atoms with Crippen LogP contribution in [0.3, 0.4) is 0 Å². The second kappa shape index (κ2) is 4.77. The lowest BCUT2D eigenvalue weighted by Crippen LogP contribution is -1.87. The Kier molecular flexibility index (Phi) is 3.64. The van der Waals surface area contributed by atoms with Gasteiger partial charge < -0.3 is 4.98 Å². The van der Waals surface area contributed by atoms with Crippen LogP contribution in [-0.2, 0) is 6.42 Å². The molecule has 0 unspecified atom stereocenters. The largest absolute Gasteiger partial charge is 0.348 e. The molecule has 0 bridgehead atoms. The number of aromatic amines is 1. The number of H-pyrrole nitrogens is 1. The van der Waals surface area contributed by atoms with Crippen molar-refractivity contribution in [3.63, 3.8) is 0 Å². The molecular formula is C9H10BrN3. The smallest absolute Gasteiger partial charge is 0.0921 e. The van der Waals surface area contributed by atoms with E-state index in [-0.39, 0.29) is 17.0 Å². The number of hydrogen-bond donors (Lipinski definition) is 1. The topological polar surface area (TPSA) is 41.6 Å². The molecule has 1 N–H and O–H groups in total. The molecule has 0 aromatic carbocycles. The van der Waals surface area contributed by atoms with Crippen LogP contribution in [0, 0.1) is 0 Å². The summed E-state index contributed by atoms with van der Waals surface area (Å²) < 4.78 is 0. The number of rotatable bonds is 2. The number of pyridine rings is 1. The number of imidazole rings is 1. The Labute approximate surface area is 87.0 Å². The van der Waals surface area contributed by atoms with Gasteiger partial charge in [-0.2, -0.15) is 0 Å². The molecule has 13 heavy (non-hydrogen) atoms. The first-order valence-corrected chi connectivity index (χ1v) is 3.81. The Bertz CT molecular complexity index is 331. The first kappa shape index (κ1) is 9.92. The predicted molar refractivity (Wildman–Crippen MR) is 56.0 cm³/mol. The Morgan fingerprint density at radius 2 is 1.92 bits per heavy atom. The molecule has 2 aromatic heterocycles. The van der Waals surface area contributed by atoms with Crippen molar-refractivity contribution in [1.29, 1.82) is 0 Å². The molecule has 2 rings (SSSR count). The summed E-state index contributed by atoms with van der Waals surface area (Å²) in [4.78, 5) is 11.0. The fourth-order valence-electron chi connectivity index (χ4n) is 1.10. The van der Waals surface area contributed by atoms with Crippen LogP contribution in [-0.4, -0.2) is 15.0 Å². The van der Waals surface area contributed by atoms with Gasteiger partial charge in [-0.05, 0) is 17.7 Å². The zero-order valence-corrected chi connectivity index (χ0v) is 8.69. The molecule has 0 saturated heterocycles. The first-order valence-electron chi connectivity index (χ1n) is 3.81. The van der Waals surface area contributed by atoms with E-state index in [1.54, 1.807) is 18.7 Å². The standard InChI is InChI=1S/C9H9N3.BrH/c1-3-10-4-2-8(1)5-9-6-11-7-12-9;/h1-4,6-7H,5H2,(H,11,12);1H. The fourth-order valence-corrected chi connectivity index (χ4v) is 1.10. The molecule has 0 aliphatic carbocycles. The maximum Gasteiger partial charge on any atom is 0.0921 e. The van der Waals surface area contributed by atoms with Gasteiger partial charge in [0.25, 0.3) is 0 Å². The minimum Gasteiger partial charge on any atom is -0.348 e. The minimum absolute atomic E-state index is 0. The van der Waals surface area contributed by atoms with E-state index in [1.807, 2.05) is 18.3 Å². The molecule has 0 spiro atoms. The van der Waals surface area contributed by atoms with Crippen LogP contribution in [0.15, 0.2) is 37.1 Å². The molecule has 0 aliphatic rings. The van der Waals surface area contributed by atoms with Crippen molar-refractivity contribution in [2.45, 2.75) is 6.42 Å². The second-order valence-electron chi connectivity index (χ2n) is 2.61. The van der Waals surface area contributed by atoms with E-state index in [4.69, 9.17) is 0 Å². The lowest BCUT2D eigenvalue weighted by molar-refractivity contribution is 1.09. The SMILES string of the molecule is Br.c1cc(Cc2cnc[nH]2)ccn1. The lowest BCUT2D eigenvalue weighted by atomic mass is 10.2. The maximum absolute atomic E-state index is 3.95. The van der Waals surface area contributed by atoms with Crippen molar-refractivity contribution in [3.8, 4) is 0 Å². The zero-order valence-electron chi connectivity index (χ0n) is 6.97. The first-order chi connectivity index (χ1) is 5.95. The summed E-state index contributed by atoms with van der Waals surface area (Å²) in [6.07, 6.45) is 8.01. The van der Waals surface area contributed by atoms with E-state index < -0.39 is 0 Å². The maximum atomic E-state index is 3.95. The van der Waals surface area contributed by atoms with Crippen molar-refractivity contribution >= 4 is 17.0 Å². The van der Waals surface area contributed by atoms with Gasteiger partial charge in [-0.1, -0.05) is 0 Å². The third-order valence-corrected chi connectivity index (χ3v) is 1.70. The number of aromatic nitrogens is 3. The van der Waals surface area contributed by atoms with Gasteiger partial charge in [0, 0.05) is 30.7 Å². The summed E-state index contributed by atoms with van der Waals surface area (Å²) >= 11 is 0. The van der Waals surface area contributed by atoms with Crippen molar-refractivity contribution < 1.29 is 0 Å². The highest BCUT2D eigenvalue weighted by molar-refractivity contribution is 8.93. The van der Waals surface area contributed by atoms with Crippen LogP contribution in [0.1, 0.15) is 11.3 Å². The molecule has 4 heteroatoms. The molecule has 0 atom stereocenters. The molecule has 2 heterocycles. The average Bonchev–Trinajstić information content (AvgIpc) is 2.59. The molecule has 0 radical (unpaired) electrons. The van der Waals surface area contributed by atoms with Gasteiger partial charge in [0.05, 0.1) is 6.33 Å². The average molecular weight is 240 g/mol. The predicted octanol–water partition coefficient (Wildman–Crippen LogP) is 1.97. The van der Waals surface area contributed by atoms with Crippen molar-refractivity contribution in [3.05, 3.63) is 48.3 Å². The zero-order chi connectivity index (χ0) is 8.23. The summed E-state index contributed by atoms with van der Waals surface area (Å²) in [5.74, 6) is 0. The molecule has 0 fully saturated rings. The van der Waals surface area contributed by atoms with Crippen LogP contribution in [0.4, 0.5) is 0 Å². The van der Waals surface area contributed by atoms with Crippen molar-refractivity contribution in [2.24, 2.45) is 0 Å². The Morgan fingerprint density at radius 3 is 2.54 bits per heavy atom. The van der Waals surface area contributed by atoms with E-state index in [0.29, 0.717) is 0 Å². The van der Waals surface area contributed by atoms with E-state index in [0.717, 1.165) is 12.1 Å². The van der Waals surface area contributed by atoms with Gasteiger partial charge in [-0.25, -0.2) is 4.98 Å². The summed E-state index contributed by atoms with van der Waals surface area (Å²) in [5.41, 5.74) is 2.37. The number of nitrogens with zero attached hydrogens (tertiary/aromatic N) is 2. The van der Waals surface area contributed by atoms with Crippen LogP contribution < -0.4 is 0 Å². The summed E-state index contributed by atoms with van der Waals surface area (Å²) in [7, 11) is 0. The normalized spacial score (nSPS) is 9.23. The van der Waals surface area contributed by atoms with Crippen LogP contribution >= 0.6 is 17.0 Å². The van der Waals surface area contributed by atoms with Crippen LogP contribution in [0.5, 0.6) is 0 Å². The quantitative estimate of drug-likeness (QED) is 0.871. The van der Waals surface area contributed by atoms with E-state index in [9.17, 15) is 0 Å². The van der Waals surface area contributed by atoms with E-state index >= 15 is 0 Å². The molecule has 2 aromatic rings. The van der Waals surface area contributed by atoms with Gasteiger partial charge in [0.15, 0.2) is 0 Å². The highest BCUT2D eigenvalue weighted by Crippen LogP contribution is 2.03. The monoisotopic (exact) mass is 239 g/mol. The minimum atomic E-state index is 0. The number of halogens is 1. The molecule has 0 aliphatic heterocycles. The summed E-state index contributed by atoms with van der Waals surface area (Å²) in [6, 6.07) is 4.00. The molecule has 68 valence electrons. The lowest BCUT2D eigenvalue weighted by Gasteiger charge is -1.95. The van der Waals surface area contributed by atoms with Gasteiger partial charge >= 0.3 is 0 Å².